The first kappa shape index (κ1) is 17.9. The molecule has 2 saturated heterocycles. The average Bonchev–Trinajstić information content (AvgIpc) is 3.20. The highest BCUT2D eigenvalue weighted by Crippen LogP contribution is 2.26. The molecule has 25 heavy (non-hydrogen) atoms. The van der Waals surface area contributed by atoms with E-state index in [0.717, 1.165) is 25.2 Å². The van der Waals surface area contributed by atoms with Crippen molar-refractivity contribution in [2.24, 2.45) is 11.8 Å². The van der Waals surface area contributed by atoms with E-state index in [1.807, 2.05) is 31.1 Å². The molecule has 0 radical (unpaired) electrons. The van der Waals surface area contributed by atoms with E-state index in [-0.39, 0.29) is 24.3 Å². The highest BCUT2D eigenvalue weighted by molar-refractivity contribution is 5.97. The Morgan fingerprint density at radius 2 is 1.88 bits per heavy atom. The number of hydrogen-bond donors (Lipinski definition) is 1. The zero-order valence-corrected chi connectivity index (χ0v) is 15.0. The van der Waals surface area contributed by atoms with Crippen LogP contribution in [0, 0.1) is 11.8 Å². The minimum Gasteiger partial charge on any atom is -0.396 e. The average molecular weight is 345 g/mol. The summed E-state index contributed by atoms with van der Waals surface area (Å²) in [7, 11) is 4.02. The molecule has 2 fully saturated rings. The van der Waals surface area contributed by atoms with Gasteiger partial charge in [0.1, 0.15) is 0 Å². The number of carbonyl (C=O) groups is 2. The Bertz CT molecular complexity index is 629. The van der Waals surface area contributed by atoms with Crippen LogP contribution in [0.15, 0.2) is 24.3 Å². The Hall–Kier alpha value is -1.92. The van der Waals surface area contributed by atoms with Crippen LogP contribution in [0.3, 0.4) is 0 Å². The molecular weight excluding hydrogens is 318 g/mol. The molecule has 2 amide bonds. The first-order valence-corrected chi connectivity index (χ1v) is 8.95. The van der Waals surface area contributed by atoms with Crippen molar-refractivity contribution in [2.75, 3.05) is 51.8 Å². The summed E-state index contributed by atoms with van der Waals surface area (Å²) < 4.78 is 0. The number of carbonyl (C=O) groups excluding carboxylic acids is 2. The van der Waals surface area contributed by atoms with E-state index < -0.39 is 0 Å². The first-order valence-electron chi connectivity index (χ1n) is 8.95. The molecule has 0 saturated carbocycles. The number of rotatable bonds is 5. The van der Waals surface area contributed by atoms with Gasteiger partial charge in [-0.05, 0) is 50.7 Å². The molecule has 6 heteroatoms. The van der Waals surface area contributed by atoms with Crippen molar-refractivity contribution in [3.8, 4) is 0 Å². The van der Waals surface area contributed by atoms with Gasteiger partial charge in [0.15, 0.2) is 0 Å². The van der Waals surface area contributed by atoms with Gasteiger partial charge < -0.3 is 19.8 Å². The third kappa shape index (κ3) is 3.85. The van der Waals surface area contributed by atoms with Gasteiger partial charge in [0, 0.05) is 56.4 Å². The Kier molecular flexibility index (Phi) is 5.39. The maximum Gasteiger partial charge on any atom is 0.253 e. The van der Waals surface area contributed by atoms with Gasteiger partial charge >= 0.3 is 0 Å². The van der Waals surface area contributed by atoms with Gasteiger partial charge in [-0.25, -0.2) is 0 Å². The number of hydrogen-bond acceptors (Lipinski definition) is 4. The molecule has 0 spiro atoms. The van der Waals surface area contributed by atoms with Gasteiger partial charge in [0.2, 0.25) is 5.91 Å². The van der Waals surface area contributed by atoms with E-state index in [1.165, 1.54) is 0 Å². The molecule has 1 aromatic rings. The fourth-order valence-corrected chi connectivity index (χ4v) is 3.87. The molecule has 3 rings (SSSR count). The number of amides is 2. The maximum absolute atomic E-state index is 12.8. The molecule has 1 N–H and O–H groups in total. The van der Waals surface area contributed by atoms with Crippen LogP contribution in [0.2, 0.25) is 0 Å². The lowest BCUT2D eigenvalue weighted by Crippen LogP contribution is -2.31. The summed E-state index contributed by atoms with van der Waals surface area (Å²) in [4.78, 5) is 30.3. The Morgan fingerprint density at radius 3 is 2.44 bits per heavy atom. The lowest BCUT2D eigenvalue weighted by Gasteiger charge is -2.20. The molecule has 2 heterocycles. The van der Waals surface area contributed by atoms with Gasteiger partial charge in [-0.2, -0.15) is 0 Å². The SMILES string of the molecule is CN(C)C[C@@H]1CN(C(=O)c2ccc(N3CCCC3=O)cc2)C[C@@H]1CO. The van der Waals surface area contributed by atoms with Gasteiger partial charge in [0.05, 0.1) is 0 Å². The van der Waals surface area contributed by atoms with E-state index in [4.69, 9.17) is 0 Å². The molecule has 0 bridgehead atoms. The first-order chi connectivity index (χ1) is 12.0. The third-order valence-electron chi connectivity index (χ3n) is 5.20. The van der Waals surface area contributed by atoms with Crippen molar-refractivity contribution in [3.05, 3.63) is 29.8 Å². The highest BCUT2D eigenvalue weighted by atomic mass is 16.3. The lowest BCUT2D eigenvalue weighted by molar-refractivity contribution is -0.117. The molecule has 2 aliphatic heterocycles. The van der Waals surface area contributed by atoms with Gasteiger partial charge in [-0.15, -0.1) is 0 Å². The maximum atomic E-state index is 12.8. The predicted octanol–water partition coefficient (Wildman–Crippen LogP) is 1.06. The zero-order valence-electron chi connectivity index (χ0n) is 15.0. The molecule has 2 atom stereocenters. The van der Waals surface area contributed by atoms with E-state index >= 15 is 0 Å². The number of anilines is 1. The van der Waals surface area contributed by atoms with Crippen LogP contribution in [-0.2, 0) is 4.79 Å². The largest absolute Gasteiger partial charge is 0.396 e. The fourth-order valence-electron chi connectivity index (χ4n) is 3.87. The van der Waals surface area contributed by atoms with Crippen molar-refractivity contribution in [3.63, 3.8) is 0 Å². The molecule has 0 aliphatic carbocycles. The molecule has 0 unspecified atom stereocenters. The second-order valence-corrected chi connectivity index (χ2v) is 7.37. The van der Waals surface area contributed by atoms with Crippen LogP contribution in [0.4, 0.5) is 5.69 Å². The monoisotopic (exact) mass is 345 g/mol. The third-order valence-corrected chi connectivity index (χ3v) is 5.20. The molecule has 6 nitrogen and oxygen atoms in total. The summed E-state index contributed by atoms with van der Waals surface area (Å²) in [6.45, 7) is 3.00. The fraction of sp³-hybridized carbons (Fsp3) is 0.579. The lowest BCUT2D eigenvalue weighted by atomic mass is 9.97. The Morgan fingerprint density at radius 1 is 1.20 bits per heavy atom. The minimum atomic E-state index is -0.000922. The number of aliphatic hydroxyl groups is 1. The summed E-state index contributed by atoms with van der Waals surface area (Å²) >= 11 is 0. The van der Waals surface area contributed by atoms with Crippen LogP contribution in [-0.4, -0.2) is 73.6 Å². The summed E-state index contributed by atoms with van der Waals surface area (Å²) in [6.07, 6.45) is 1.49. The summed E-state index contributed by atoms with van der Waals surface area (Å²) in [5.41, 5.74) is 1.50. The number of benzene rings is 1. The molecule has 1 aromatic carbocycles. The van der Waals surface area contributed by atoms with E-state index in [2.05, 4.69) is 4.90 Å². The topological polar surface area (TPSA) is 64.1 Å². The van der Waals surface area contributed by atoms with Gasteiger partial charge in [0.25, 0.3) is 5.91 Å². The molecule has 0 aromatic heterocycles. The van der Waals surface area contributed by atoms with Crippen LogP contribution in [0.1, 0.15) is 23.2 Å². The number of aliphatic hydroxyl groups excluding tert-OH is 1. The minimum absolute atomic E-state index is 0.000922. The van der Waals surface area contributed by atoms with Crippen molar-refractivity contribution in [2.45, 2.75) is 12.8 Å². The summed E-state index contributed by atoms with van der Waals surface area (Å²) in [5, 5.41) is 9.61. The van der Waals surface area contributed by atoms with Crippen molar-refractivity contribution >= 4 is 17.5 Å². The van der Waals surface area contributed by atoms with E-state index in [0.29, 0.717) is 31.0 Å². The zero-order chi connectivity index (χ0) is 18.0. The highest BCUT2D eigenvalue weighted by Gasteiger charge is 2.35. The molecule has 2 aliphatic rings. The van der Waals surface area contributed by atoms with Crippen LogP contribution in [0.5, 0.6) is 0 Å². The predicted molar refractivity (Wildman–Crippen MR) is 96.6 cm³/mol. The molecule has 136 valence electrons. The molecular formula is C19H27N3O3. The number of nitrogens with zero attached hydrogens (tertiary/aromatic N) is 3. The number of likely N-dealkylation sites (tertiary alicyclic amines) is 1. The quantitative estimate of drug-likeness (QED) is 0.867. The Balaban J connectivity index is 1.67. The van der Waals surface area contributed by atoms with E-state index in [9.17, 15) is 14.7 Å². The normalized spacial score (nSPS) is 23.8. The van der Waals surface area contributed by atoms with Crippen molar-refractivity contribution < 1.29 is 14.7 Å². The van der Waals surface area contributed by atoms with Crippen LogP contribution in [0.25, 0.3) is 0 Å². The van der Waals surface area contributed by atoms with Crippen LogP contribution < -0.4 is 4.90 Å². The van der Waals surface area contributed by atoms with Crippen molar-refractivity contribution in [1.29, 1.82) is 0 Å². The van der Waals surface area contributed by atoms with Crippen LogP contribution >= 0.6 is 0 Å². The second kappa shape index (κ2) is 7.54. The summed E-state index contributed by atoms with van der Waals surface area (Å²) in [6, 6.07) is 7.31. The van der Waals surface area contributed by atoms with Crippen molar-refractivity contribution in [1.82, 2.24) is 9.80 Å². The Labute approximate surface area is 149 Å². The standard InChI is InChI=1S/C19H27N3O3/c1-20(2)10-15-11-21(12-16(15)13-23)19(25)14-5-7-17(8-6-14)22-9-3-4-18(22)24/h5-8,15-16,23H,3-4,9-13H2,1-2H3/t15-,16-/m1/s1. The second-order valence-electron chi connectivity index (χ2n) is 7.37. The smallest absolute Gasteiger partial charge is 0.253 e. The van der Waals surface area contributed by atoms with E-state index in [1.54, 1.807) is 17.0 Å². The van der Waals surface area contributed by atoms with Gasteiger partial charge in [-0.3, -0.25) is 9.59 Å². The van der Waals surface area contributed by atoms with Gasteiger partial charge in [-0.1, -0.05) is 0 Å². The summed E-state index contributed by atoms with van der Waals surface area (Å²) in [5.74, 6) is 0.577.